The van der Waals surface area contributed by atoms with Gasteiger partial charge in [-0.2, -0.15) is 0 Å². The van der Waals surface area contributed by atoms with Gasteiger partial charge in [0.05, 0.1) is 17.6 Å². The van der Waals surface area contributed by atoms with Crippen LogP contribution in [0, 0.1) is 0 Å². The highest BCUT2D eigenvalue weighted by Gasteiger charge is 2.50. The molecule has 2 amide bonds. The Hall–Kier alpha value is -1.67. The zero-order chi connectivity index (χ0) is 19.1. The van der Waals surface area contributed by atoms with Crippen molar-refractivity contribution in [3.63, 3.8) is 0 Å². The lowest BCUT2D eigenvalue weighted by Gasteiger charge is -2.37. The van der Waals surface area contributed by atoms with Crippen molar-refractivity contribution in [2.75, 3.05) is 26.2 Å². The lowest BCUT2D eigenvalue weighted by atomic mass is 10.0. The number of carbonyl (C=O) groups is 2. The summed E-state index contributed by atoms with van der Waals surface area (Å²) in [5.74, 6) is 0.533. The van der Waals surface area contributed by atoms with E-state index in [1.807, 2.05) is 11.1 Å². The number of nitrogens with zero attached hydrogens (tertiary/aromatic N) is 4. The number of aromatic nitrogens is 1. The molecule has 1 aromatic heterocycles. The normalized spacial score (nSPS) is 26.7. The SMILES string of the molecule is CC(=O)N1C[C@@H]2OC(=O)N(C3CCN(Cc4cnc(C(C)C)s4)CC3)[C@@H]2C1. The Bertz CT molecular complexity index is 714. The first-order chi connectivity index (χ1) is 12.9. The van der Waals surface area contributed by atoms with Crippen LogP contribution in [-0.4, -0.2) is 76.1 Å². The number of hydrogen-bond donors (Lipinski definition) is 0. The molecule has 3 aliphatic rings. The Balaban J connectivity index is 1.33. The second-order valence-corrected chi connectivity index (χ2v) is 9.29. The van der Waals surface area contributed by atoms with Crippen molar-refractivity contribution < 1.29 is 14.3 Å². The summed E-state index contributed by atoms with van der Waals surface area (Å²) in [6.45, 7) is 9.94. The van der Waals surface area contributed by atoms with Gasteiger partial charge in [0.25, 0.3) is 0 Å². The van der Waals surface area contributed by atoms with Crippen LogP contribution in [0.5, 0.6) is 0 Å². The molecule has 0 bridgehead atoms. The fraction of sp³-hybridized carbons (Fsp3) is 0.737. The minimum absolute atomic E-state index is 0.0213. The van der Waals surface area contributed by atoms with Crippen LogP contribution < -0.4 is 0 Å². The molecule has 0 radical (unpaired) electrons. The Morgan fingerprint density at radius 2 is 2.07 bits per heavy atom. The summed E-state index contributed by atoms with van der Waals surface area (Å²) in [6.07, 6.45) is 3.55. The molecule has 148 valence electrons. The van der Waals surface area contributed by atoms with Gasteiger partial charge >= 0.3 is 6.09 Å². The van der Waals surface area contributed by atoms with Crippen LogP contribution in [0.4, 0.5) is 4.79 Å². The third kappa shape index (κ3) is 3.69. The first-order valence-electron chi connectivity index (χ1n) is 9.83. The van der Waals surface area contributed by atoms with Crippen molar-refractivity contribution in [3.8, 4) is 0 Å². The molecule has 3 aliphatic heterocycles. The van der Waals surface area contributed by atoms with E-state index < -0.39 is 0 Å². The number of rotatable bonds is 4. The second kappa shape index (κ2) is 7.39. The molecular weight excluding hydrogens is 364 g/mol. The predicted octanol–water partition coefficient (Wildman–Crippen LogP) is 2.28. The van der Waals surface area contributed by atoms with Gasteiger partial charge in [0.1, 0.15) is 6.10 Å². The largest absolute Gasteiger partial charge is 0.442 e. The molecule has 1 aromatic rings. The van der Waals surface area contributed by atoms with E-state index in [1.54, 1.807) is 23.2 Å². The second-order valence-electron chi connectivity index (χ2n) is 8.15. The van der Waals surface area contributed by atoms with Gasteiger partial charge in [-0.25, -0.2) is 9.78 Å². The predicted molar refractivity (Wildman–Crippen MR) is 103 cm³/mol. The third-order valence-corrected chi connectivity index (χ3v) is 7.18. The molecule has 27 heavy (non-hydrogen) atoms. The summed E-state index contributed by atoms with van der Waals surface area (Å²) < 4.78 is 5.55. The van der Waals surface area contributed by atoms with E-state index in [-0.39, 0.29) is 30.2 Å². The average molecular weight is 393 g/mol. The molecule has 0 spiro atoms. The zero-order valence-electron chi connectivity index (χ0n) is 16.3. The fourth-order valence-electron chi connectivity index (χ4n) is 4.38. The Labute approximate surface area is 164 Å². The highest BCUT2D eigenvalue weighted by Crippen LogP contribution is 2.32. The standard InChI is InChI=1S/C19H28N4O3S/c1-12(2)18-20-8-15(27-18)9-21-6-4-14(5-7-21)23-16-10-22(13(3)24)11-17(16)26-19(23)25/h8,12,14,16-17H,4-7,9-11H2,1-3H3/t16-,17+/m1/s1. The summed E-state index contributed by atoms with van der Waals surface area (Å²) in [4.78, 5) is 36.0. The number of amides is 2. The molecule has 4 heterocycles. The van der Waals surface area contributed by atoms with Crippen molar-refractivity contribution in [2.45, 2.75) is 64.3 Å². The number of ether oxygens (including phenoxy) is 1. The molecule has 0 aromatic carbocycles. The van der Waals surface area contributed by atoms with Gasteiger partial charge in [0.15, 0.2) is 0 Å². The minimum atomic E-state index is -0.198. The highest BCUT2D eigenvalue weighted by molar-refractivity contribution is 7.11. The molecule has 4 rings (SSSR count). The summed E-state index contributed by atoms with van der Waals surface area (Å²) in [7, 11) is 0. The number of fused-ring (bicyclic) bond motifs is 1. The van der Waals surface area contributed by atoms with Gasteiger partial charge in [0, 0.05) is 56.1 Å². The van der Waals surface area contributed by atoms with Gasteiger partial charge in [-0.3, -0.25) is 14.6 Å². The van der Waals surface area contributed by atoms with Crippen molar-refractivity contribution in [1.82, 2.24) is 19.7 Å². The quantitative estimate of drug-likeness (QED) is 0.787. The van der Waals surface area contributed by atoms with E-state index in [1.165, 1.54) is 9.88 Å². The van der Waals surface area contributed by atoms with E-state index in [2.05, 4.69) is 23.7 Å². The van der Waals surface area contributed by atoms with E-state index in [4.69, 9.17) is 4.74 Å². The van der Waals surface area contributed by atoms with Crippen LogP contribution in [0.1, 0.15) is 49.4 Å². The number of thiazole rings is 1. The van der Waals surface area contributed by atoms with Crippen molar-refractivity contribution >= 4 is 23.3 Å². The van der Waals surface area contributed by atoms with Crippen molar-refractivity contribution in [1.29, 1.82) is 0 Å². The van der Waals surface area contributed by atoms with Gasteiger partial charge in [-0.05, 0) is 12.8 Å². The Morgan fingerprint density at radius 3 is 2.70 bits per heavy atom. The molecule has 0 N–H and O–H groups in total. The van der Waals surface area contributed by atoms with E-state index in [0.29, 0.717) is 19.0 Å². The molecule has 8 heteroatoms. The van der Waals surface area contributed by atoms with Gasteiger partial charge in [0.2, 0.25) is 5.91 Å². The van der Waals surface area contributed by atoms with Crippen molar-refractivity contribution in [2.24, 2.45) is 0 Å². The Kier molecular flexibility index (Phi) is 5.11. The van der Waals surface area contributed by atoms with Crippen LogP contribution in [0.2, 0.25) is 0 Å². The maximum atomic E-state index is 12.4. The van der Waals surface area contributed by atoms with E-state index >= 15 is 0 Å². The lowest BCUT2D eigenvalue weighted by Crippen LogP contribution is -2.50. The highest BCUT2D eigenvalue weighted by atomic mass is 32.1. The number of hydrogen-bond acceptors (Lipinski definition) is 6. The van der Waals surface area contributed by atoms with Gasteiger partial charge in [-0.15, -0.1) is 11.3 Å². The first-order valence-corrected chi connectivity index (χ1v) is 10.7. The number of carbonyl (C=O) groups excluding carboxylic acids is 2. The topological polar surface area (TPSA) is 66.0 Å². The molecule has 0 saturated carbocycles. The molecule has 3 fully saturated rings. The van der Waals surface area contributed by atoms with Crippen LogP contribution in [0.25, 0.3) is 0 Å². The van der Waals surface area contributed by atoms with Crippen LogP contribution in [-0.2, 0) is 16.1 Å². The Morgan fingerprint density at radius 1 is 1.33 bits per heavy atom. The summed E-state index contributed by atoms with van der Waals surface area (Å²) in [5.41, 5.74) is 0. The summed E-state index contributed by atoms with van der Waals surface area (Å²) >= 11 is 1.80. The monoisotopic (exact) mass is 392 g/mol. The van der Waals surface area contributed by atoms with Gasteiger partial charge in [-0.1, -0.05) is 13.8 Å². The lowest BCUT2D eigenvalue weighted by molar-refractivity contribution is -0.128. The van der Waals surface area contributed by atoms with Gasteiger partial charge < -0.3 is 9.64 Å². The minimum Gasteiger partial charge on any atom is -0.442 e. The fourth-order valence-corrected chi connectivity index (χ4v) is 5.34. The van der Waals surface area contributed by atoms with Crippen LogP contribution in [0.15, 0.2) is 6.20 Å². The molecule has 0 unspecified atom stereocenters. The molecule has 2 atom stereocenters. The summed E-state index contributed by atoms with van der Waals surface area (Å²) in [5, 5.41) is 1.20. The maximum Gasteiger partial charge on any atom is 0.410 e. The third-order valence-electron chi connectivity index (χ3n) is 5.90. The molecule has 7 nitrogen and oxygen atoms in total. The molecule has 0 aliphatic carbocycles. The van der Waals surface area contributed by atoms with Crippen molar-refractivity contribution in [3.05, 3.63) is 16.1 Å². The molecule has 3 saturated heterocycles. The number of piperidine rings is 1. The average Bonchev–Trinajstić information content (AvgIpc) is 3.30. The van der Waals surface area contributed by atoms with Crippen LogP contribution in [0.3, 0.4) is 0 Å². The van der Waals surface area contributed by atoms with E-state index in [0.717, 1.165) is 32.5 Å². The van der Waals surface area contributed by atoms with Crippen LogP contribution >= 0.6 is 11.3 Å². The van der Waals surface area contributed by atoms with E-state index in [9.17, 15) is 9.59 Å². The zero-order valence-corrected chi connectivity index (χ0v) is 17.1. The first kappa shape index (κ1) is 18.7. The number of likely N-dealkylation sites (tertiary alicyclic amines) is 2. The maximum absolute atomic E-state index is 12.4. The summed E-state index contributed by atoms with van der Waals surface area (Å²) in [6, 6.07) is 0.233. The smallest absolute Gasteiger partial charge is 0.410 e. The molecular formula is C19H28N4O3S.